The second-order valence-electron chi connectivity index (χ2n) is 4.11. The summed E-state index contributed by atoms with van der Waals surface area (Å²) in [5, 5.41) is 8.73. The molecule has 0 fully saturated rings. The fourth-order valence-corrected chi connectivity index (χ4v) is 2.84. The SMILES string of the molecule is N[C@H](CSc1ccc(N(CCCl)CCCl)cc1)C(=O)O. The van der Waals surface area contributed by atoms with Gasteiger partial charge in [0.15, 0.2) is 0 Å². The number of halogens is 2. The summed E-state index contributed by atoms with van der Waals surface area (Å²) in [4.78, 5) is 13.7. The Balaban J connectivity index is 2.60. The van der Waals surface area contributed by atoms with Gasteiger partial charge >= 0.3 is 5.97 Å². The van der Waals surface area contributed by atoms with E-state index in [4.69, 9.17) is 34.0 Å². The number of alkyl halides is 2. The first kappa shape index (κ1) is 17.4. The number of carboxylic acids is 1. The van der Waals surface area contributed by atoms with E-state index in [1.54, 1.807) is 0 Å². The normalized spacial score (nSPS) is 12.2. The summed E-state index contributed by atoms with van der Waals surface area (Å²) >= 11 is 13.0. The van der Waals surface area contributed by atoms with Crippen molar-refractivity contribution < 1.29 is 9.90 Å². The van der Waals surface area contributed by atoms with Gasteiger partial charge in [-0.3, -0.25) is 4.79 Å². The van der Waals surface area contributed by atoms with Crippen LogP contribution in [0.15, 0.2) is 29.2 Å². The Kier molecular flexibility index (Phi) is 8.14. The third-order valence-electron chi connectivity index (χ3n) is 2.66. The van der Waals surface area contributed by atoms with Crippen LogP contribution in [0.2, 0.25) is 0 Å². The Labute approximate surface area is 133 Å². The fourth-order valence-electron chi connectivity index (χ4n) is 1.58. The van der Waals surface area contributed by atoms with Crippen LogP contribution in [-0.2, 0) is 4.79 Å². The molecule has 1 aromatic rings. The molecule has 0 aliphatic rings. The Hall–Kier alpha value is -0.620. The summed E-state index contributed by atoms with van der Waals surface area (Å²) < 4.78 is 0. The third-order valence-corrected chi connectivity index (χ3v) is 4.13. The Morgan fingerprint density at radius 1 is 1.25 bits per heavy atom. The van der Waals surface area contributed by atoms with Crippen molar-refractivity contribution in [3.8, 4) is 0 Å². The van der Waals surface area contributed by atoms with Gasteiger partial charge in [0.1, 0.15) is 6.04 Å². The van der Waals surface area contributed by atoms with Gasteiger partial charge in [-0.25, -0.2) is 0 Å². The molecule has 1 rings (SSSR count). The largest absolute Gasteiger partial charge is 0.480 e. The first-order valence-electron chi connectivity index (χ1n) is 6.16. The number of nitrogens with zero attached hydrogens (tertiary/aromatic N) is 1. The molecule has 0 saturated carbocycles. The van der Waals surface area contributed by atoms with Crippen molar-refractivity contribution in [3.63, 3.8) is 0 Å². The second-order valence-corrected chi connectivity index (χ2v) is 5.96. The molecule has 0 aliphatic carbocycles. The van der Waals surface area contributed by atoms with Gasteiger partial charge < -0.3 is 15.7 Å². The minimum atomic E-state index is -0.982. The zero-order valence-electron chi connectivity index (χ0n) is 11.0. The quantitative estimate of drug-likeness (QED) is 0.535. The summed E-state index contributed by atoms with van der Waals surface area (Å²) in [5.74, 6) is 0.452. The monoisotopic (exact) mass is 336 g/mol. The summed E-state index contributed by atoms with van der Waals surface area (Å²) in [6, 6.07) is 7.01. The number of carbonyl (C=O) groups is 1. The average Bonchev–Trinajstić information content (AvgIpc) is 2.45. The summed E-state index contributed by atoms with van der Waals surface area (Å²) in [7, 11) is 0. The number of nitrogens with two attached hydrogens (primary N) is 1. The Bertz CT molecular complexity index is 411. The van der Waals surface area contributed by atoms with Crippen LogP contribution in [0.3, 0.4) is 0 Å². The van der Waals surface area contributed by atoms with E-state index in [0.29, 0.717) is 17.5 Å². The molecule has 0 saturated heterocycles. The van der Waals surface area contributed by atoms with Crippen molar-refractivity contribution in [1.29, 1.82) is 0 Å². The summed E-state index contributed by atoms with van der Waals surface area (Å²) in [6.45, 7) is 1.48. The summed E-state index contributed by atoms with van der Waals surface area (Å²) in [6.07, 6.45) is 0. The van der Waals surface area contributed by atoms with Crippen LogP contribution in [-0.4, -0.2) is 47.7 Å². The van der Waals surface area contributed by atoms with E-state index in [0.717, 1.165) is 23.7 Å². The number of hydrogen-bond donors (Lipinski definition) is 2. The molecule has 0 spiro atoms. The van der Waals surface area contributed by atoms with Crippen LogP contribution in [0.25, 0.3) is 0 Å². The maximum Gasteiger partial charge on any atom is 0.321 e. The molecule has 1 atom stereocenters. The molecule has 7 heteroatoms. The number of anilines is 1. The van der Waals surface area contributed by atoms with E-state index in [2.05, 4.69) is 4.90 Å². The lowest BCUT2D eigenvalue weighted by atomic mass is 10.3. The van der Waals surface area contributed by atoms with Crippen molar-refractivity contribution in [1.82, 2.24) is 0 Å². The summed E-state index contributed by atoms with van der Waals surface area (Å²) in [5.41, 5.74) is 6.52. The molecule has 0 radical (unpaired) electrons. The van der Waals surface area contributed by atoms with Crippen molar-refractivity contribution in [2.24, 2.45) is 5.73 Å². The van der Waals surface area contributed by atoms with Gasteiger partial charge in [-0.15, -0.1) is 35.0 Å². The highest BCUT2D eigenvalue weighted by Gasteiger charge is 2.11. The molecule has 0 heterocycles. The number of aliphatic carboxylic acids is 1. The molecule has 0 aliphatic heterocycles. The van der Waals surface area contributed by atoms with Crippen LogP contribution in [0.5, 0.6) is 0 Å². The zero-order chi connectivity index (χ0) is 15.0. The standard InChI is InChI=1S/C13H18Cl2N2O2S/c14-5-7-17(8-6-15)10-1-3-11(4-2-10)20-9-12(16)13(18)19/h1-4,12H,5-9,16H2,(H,18,19)/t12-/m1/s1. The van der Waals surface area contributed by atoms with Crippen LogP contribution in [0.4, 0.5) is 5.69 Å². The predicted molar refractivity (Wildman–Crippen MR) is 86.4 cm³/mol. The van der Waals surface area contributed by atoms with Crippen LogP contribution in [0.1, 0.15) is 0 Å². The number of thioether (sulfide) groups is 1. The van der Waals surface area contributed by atoms with Crippen LogP contribution >= 0.6 is 35.0 Å². The van der Waals surface area contributed by atoms with Gasteiger partial charge in [0.25, 0.3) is 0 Å². The lowest BCUT2D eigenvalue weighted by Gasteiger charge is -2.23. The zero-order valence-corrected chi connectivity index (χ0v) is 13.3. The van der Waals surface area contributed by atoms with E-state index < -0.39 is 12.0 Å². The second kappa shape index (κ2) is 9.34. The highest BCUT2D eigenvalue weighted by Crippen LogP contribution is 2.23. The van der Waals surface area contributed by atoms with Crippen molar-refractivity contribution in [2.75, 3.05) is 35.5 Å². The molecule has 4 nitrogen and oxygen atoms in total. The van der Waals surface area contributed by atoms with Crippen molar-refractivity contribution in [3.05, 3.63) is 24.3 Å². The van der Waals surface area contributed by atoms with Crippen LogP contribution < -0.4 is 10.6 Å². The minimum Gasteiger partial charge on any atom is -0.480 e. The molecule has 112 valence electrons. The van der Waals surface area contributed by atoms with Gasteiger partial charge in [-0.2, -0.15) is 0 Å². The minimum absolute atomic E-state index is 0.349. The molecule has 20 heavy (non-hydrogen) atoms. The highest BCUT2D eigenvalue weighted by atomic mass is 35.5. The number of benzene rings is 1. The number of carboxylic acid groups (broad SMARTS) is 1. The van der Waals surface area contributed by atoms with Crippen LogP contribution in [0, 0.1) is 0 Å². The maximum atomic E-state index is 10.6. The van der Waals surface area contributed by atoms with Crippen molar-refractivity contribution in [2.45, 2.75) is 10.9 Å². The molecule has 0 amide bonds. The fraction of sp³-hybridized carbons (Fsp3) is 0.462. The first-order chi connectivity index (χ1) is 9.58. The smallest absolute Gasteiger partial charge is 0.321 e. The Morgan fingerprint density at radius 3 is 2.25 bits per heavy atom. The van der Waals surface area contributed by atoms with E-state index in [1.807, 2.05) is 24.3 Å². The van der Waals surface area contributed by atoms with Gasteiger partial charge in [-0.1, -0.05) is 0 Å². The Morgan fingerprint density at radius 2 is 1.80 bits per heavy atom. The molecule has 0 unspecified atom stereocenters. The molecule has 3 N–H and O–H groups in total. The number of hydrogen-bond acceptors (Lipinski definition) is 4. The lowest BCUT2D eigenvalue weighted by molar-refractivity contribution is -0.137. The maximum absolute atomic E-state index is 10.6. The van der Waals surface area contributed by atoms with E-state index in [-0.39, 0.29) is 0 Å². The number of rotatable bonds is 9. The third kappa shape index (κ3) is 5.79. The molecule has 0 bridgehead atoms. The van der Waals surface area contributed by atoms with Gasteiger partial charge in [-0.05, 0) is 24.3 Å². The van der Waals surface area contributed by atoms with Crippen molar-refractivity contribution >= 4 is 46.6 Å². The van der Waals surface area contributed by atoms with Gasteiger partial charge in [0.2, 0.25) is 0 Å². The molecular formula is C13H18Cl2N2O2S. The average molecular weight is 337 g/mol. The predicted octanol–water partition coefficient (Wildman–Crippen LogP) is 2.47. The van der Waals surface area contributed by atoms with E-state index >= 15 is 0 Å². The van der Waals surface area contributed by atoms with Gasteiger partial charge in [0.05, 0.1) is 0 Å². The highest BCUT2D eigenvalue weighted by molar-refractivity contribution is 7.99. The van der Waals surface area contributed by atoms with Gasteiger partial charge in [0, 0.05) is 41.2 Å². The molecule has 0 aromatic heterocycles. The van der Waals surface area contributed by atoms with E-state index in [1.165, 1.54) is 11.8 Å². The molecular weight excluding hydrogens is 319 g/mol. The first-order valence-corrected chi connectivity index (χ1v) is 8.22. The molecule has 1 aromatic carbocycles. The topological polar surface area (TPSA) is 66.6 Å². The lowest BCUT2D eigenvalue weighted by Crippen LogP contribution is -2.32. The van der Waals surface area contributed by atoms with E-state index in [9.17, 15) is 4.79 Å².